The van der Waals surface area contributed by atoms with Gasteiger partial charge in [-0.25, -0.2) is 14.4 Å². The Hall–Kier alpha value is -2.24. The summed E-state index contributed by atoms with van der Waals surface area (Å²) in [5.74, 6) is 2.44. The molecule has 3 heterocycles. The number of aliphatic hydroxyl groups is 1. The number of fused-ring (bicyclic) bond motifs is 1. The van der Waals surface area contributed by atoms with Crippen LogP contribution in [0.4, 0.5) is 4.39 Å². The molecule has 110 valence electrons. The zero-order chi connectivity index (χ0) is 15.2. The first-order chi connectivity index (χ1) is 9.98. The molecular formula is C13H13FN4O3. The molecule has 0 radical (unpaired) electrons. The maximum absolute atomic E-state index is 14.8. The third-order valence-electron chi connectivity index (χ3n) is 3.48. The van der Waals surface area contributed by atoms with E-state index in [0.717, 1.165) is 0 Å². The predicted molar refractivity (Wildman–Crippen MR) is 71.2 cm³/mol. The molecule has 7 nitrogen and oxygen atoms in total. The van der Waals surface area contributed by atoms with Crippen LogP contribution in [-0.2, 0) is 4.74 Å². The van der Waals surface area contributed by atoms with Crippen molar-refractivity contribution in [2.24, 2.45) is 0 Å². The SMILES string of the molecule is C#C[C@@]1(F)C[C@@H](CO)O[C@H]1n1cnc2c(=O)[nH]c(C)nc21. The number of aromatic nitrogens is 4. The Kier molecular flexibility index (Phi) is 3.04. The van der Waals surface area contributed by atoms with E-state index in [1.54, 1.807) is 6.92 Å². The molecule has 0 aromatic carbocycles. The zero-order valence-corrected chi connectivity index (χ0v) is 11.2. The second-order valence-corrected chi connectivity index (χ2v) is 4.98. The van der Waals surface area contributed by atoms with Crippen molar-refractivity contribution in [1.82, 2.24) is 19.5 Å². The Labute approximate surface area is 118 Å². The molecule has 0 unspecified atom stereocenters. The molecule has 1 aliphatic rings. The number of nitrogens with zero attached hydrogens (tertiary/aromatic N) is 3. The first-order valence-corrected chi connectivity index (χ1v) is 6.35. The molecule has 2 aromatic heterocycles. The van der Waals surface area contributed by atoms with Crippen LogP contribution in [0.1, 0.15) is 18.5 Å². The van der Waals surface area contributed by atoms with Gasteiger partial charge in [-0.15, -0.1) is 6.42 Å². The number of rotatable bonds is 2. The van der Waals surface area contributed by atoms with Gasteiger partial charge >= 0.3 is 0 Å². The Balaban J connectivity index is 2.16. The second-order valence-electron chi connectivity index (χ2n) is 4.98. The fourth-order valence-corrected chi connectivity index (χ4v) is 2.50. The average molecular weight is 292 g/mol. The van der Waals surface area contributed by atoms with Gasteiger partial charge < -0.3 is 14.8 Å². The standard InChI is InChI=1S/C13H13FN4O3/c1-3-13(14)4-8(5-19)21-12(13)18-6-15-9-10(18)16-7(2)17-11(9)20/h1,6,8,12,19H,4-5H2,2H3,(H,16,17,20)/t8-,12+,13+/m0/s1. The Morgan fingerprint density at radius 2 is 2.52 bits per heavy atom. The molecule has 1 saturated heterocycles. The minimum Gasteiger partial charge on any atom is -0.394 e. The summed E-state index contributed by atoms with van der Waals surface area (Å²) in [5, 5.41) is 9.15. The largest absolute Gasteiger partial charge is 0.394 e. The van der Waals surface area contributed by atoms with Crippen LogP contribution < -0.4 is 5.56 Å². The fraction of sp³-hybridized carbons (Fsp3) is 0.462. The highest BCUT2D eigenvalue weighted by Crippen LogP contribution is 2.41. The van der Waals surface area contributed by atoms with Gasteiger partial charge in [-0.3, -0.25) is 9.36 Å². The van der Waals surface area contributed by atoms with Crippen LogP contribution in [0.15, 0.2) is 11.1 Å². The van der Waals surface area contributed by atoms with E-state index >= 15 is 0 Å². The summed E-state index contributed by atoms with van der Waals surface area (Å²) in [6, 6.07) is 0. The van der Waals surface area contributed by atoms with Crippen LogP contribution in [-0.4, -0.2) is 43.0 Å². The van der Waals surface area contributed by atoms with E-state index in [1.165, 1.54) is 10.9 Å². The van der Waals surface area contributed by atoms with Crippen LogP contribution in [0.2, 0.25) is 0 Å². The number of ether oxygens (including phenoxy) is 1. The van der Waals surface area contributed by atoms with E-state index in [0.29, 0.717) is 5.82 Å². The van der Waals surface area contributed by atoms with Gasteiger partial charge in [0.05, 0.1) is 19.0 Å². The summed E-state index contributed by atoms with van der Waals surface area (Å²) in [6.07, 6.45) is 4.52. The predicted octanol–water partition coefficient (Wildman–Crippen LogP) is 0.0493. The number of H-pyrrole nitrogens is 1. The maximum atomic E-state index is 14.8. The molecule has 21 heavy (non-hydrogen) atoms. The molecule has 0 aliphatic carbocycles. The van der Waals surface area contributed by atoms with Gasteiger partial charge in [0.25, 0.3) is 5.56 Å². The van der Waals surface area contributed by atoms with Gasteiger partial charge in [0.2, 0.25) is 5.67 Å². The monoisotopic (exact) mass is 292 g/mol. The lowest BCUT2D eigenvalue weighted by Crippen LogP contribution is -2.29. The van der Waals surface area contributed by atoms with Crippen LogP contribution in [0.3, 0.4) is 0 Å². The van der Waals surface area contributed by atoms with Crippen molar-refractivity contribution in [2.75, 3.05) is 6.61 Å². The molecule has 2 aromatic rings. The van der Waals surface area contributed by atoms with Crippen molar-refractivity contribution >= 4 is 11.2 Å². The number of hydrogen-bond donors (Lipinski definition) is 2. The number of nitrogens with one attached hydrogen (secondary N) is 1. The summed E-state index contributed by atoms with van der Waals surface area (Å²) in [7, 11) is 0. The first-order valence-electron chi connectivity index (χ1n) is 6.35. The molecule has 1 fully saturated rings. The van der Waals surface area contributed by atoms with Crippen molar-refractivity contribution in [3.05, 3.63) is 22.5 Å². The molecule has 0 saturated carbocycles. The highest BCUT2D eigenvalue weighted by Gasteiger charge is 2.50. The van der Waals surface area contributed by atoms with Gasteiger partial charge in [-0.05, 0) is 6.92 Å². The summed E-state index contributed by atoms with van der Waals surface area (Å²) in [6.45, 7) is 1.26. The average Bonchev–Trinajstić information content (AvgIpc) is 3.00. The van der Waals surface area contributed by atoms with Crippen molar-refractivity contribution in [1.29, 1.82) is 0 Å². The fourth-order valence-electron chi connectivity index (χ4n) is 2.50. The molecule has 1 aliphatic heterocycles. The molecule has 3 rings (SSSR count). The summed E-state index contributed by atoms with van der Waals surface area (Å²) >= 11 is 0. The van der Waals surface area contributed by atoms with Crippen LogP contribution in [0, 0.1) is 19.3 Å². The summed E-state index contributed by atoms with van der Waals surface area (Å²) in [4.78, 5) is 22.4. The van der Waals surface area contributed by atoms with Crippen LogP contribution >= 0.6 is 0 Å². The van der Waals surface area contributed by atoms with E-state index in [-0.39, 0.29) is 24.2 Å². The lowest BCUT2D eigenvalue weighted by molar-refractivity contribution is -0.0473. The Bertz CT molecular complexity index is 793. The summed E-state index contributed by atoms with van der Waals surface area (Å²) in [5.41, 5.74) is -2.24. The van der Waals surface area contributed by atoms with Gasteiger partial charge in [-0.1, -0.05) is 5.92 Å². The topological polar surface area (TPSA) is 93.0 Å². The highest BCUT2D eigenvalue weighted by atomic mass is 19.1. The van der Waals surface area contributed by atoms with E-state index in [2.05, 4.69) is 20.9 Å². The van der Waals surface area contributed by atoms with E-state index in [4.69, 9.17) is 16.3 Å². The maximum Gasteiger partial charge on any atom is 0.279 e. The van der Waals surface area contributed by atoms with Gasteiger partial charge in [0, 0.05) is 6.42 Å². The molecule has 3 atom stereocenters. The smallest absolute Gasteiger partial charge is 0.279 e. The first kappa shape index (κ1) is 13.7. The lowest BCUT2D eigenvalue weighted by atomic mass is 10.0. The van der Waals surface area contributed by atoms with Crippen molar-refractivity contribution in [3.63, 3.8) is 0 Å². The summed E-state index contributed by atoms with van der Waals surface area (Å²) < 4.78 is 21.6. The number of aliphatic hydroxyl groups excluding tert-OH is 1. The van der Waals surface area contributed by atoms with Gasteiger partial charge in [-0.2, -0.15) is 0 Å². The number of aryl methyl sites for hydroxylation is 1. The number of aromatic amines is 1. The van der Waals surface area contributed by atoms with Crippen molar-refractivity contribution < 1.29 is 14.2 Å². The van der Waals surface area contributed by atoms with E-state index < -0.39 is 23.6 Å². The zero-order valence-electron chi connectivity index (χ0n) is 11.2. The van der Waals surface area contributed by atoms with Crippen LogP contribution in [0.5, 0.6) is 0 Å². The van der Waals surface area contributed by atoms with E-state index in [1.807, 2.05) is 0 Å². The van der Waals surface area contributed by atoms with Gasteiger partial charge in [0.15, 0.2) is 17.4 Å². The quantitative estimate of drug-likeness (QED) is 0.763. The van der Waals surface area contributed by atoms with Crippen molar-refractivity contribution in [2.45, 2.75) is 31.3 Å². The molecular weight excluding hydrogens is 279 g/mol. The molecule has 0 spiro atoms. The Morgan fingerprint density at radius 1 is 1.76 bits per heavy atom. The van der Waals surface area contributed by atoms with Crippen LogP contribution in [0.25, 0.3) is 11.2 Å². The number of hydrogen-bond acceptors (Lipinski definition) is 5. The minimum atomic E-state index is -2.10. The number of halogens is 1. The number of imidazole rings is 1. The second kappa shape index (κ2) is 4.65. The normalized spacial score (nSPS) is 28.9. The lowest BCUT2D eigenvalue weighted by Gasteiger charge is -2.21. The minimum absolute atomic E-state index is 0.0796. The number of terminal acetylenes is 1. The highest BCUT2D eigenvalue weighted by molar-refractivity contribution is 5.69. The molecule has 0 amide bonds. The third kappa shape index (κ3) is 2.02. The van der Waals surface area contributed by atoms with Gasteiger partial charge in [0.1, 0.15) is 5.82 Å². The van der Waals surface area contributed by atoms with E-state index in [9.17, 15) is 9.18 Å². The molecule has 8 heteroatoms. The molecule has 2 N–H and O–H groups in total. The molecule has 0 bridgehead atoms. The third-order valence-corrected chi connectivity index (χ3v) is 3.48. The van der Waals surface area contributed by atoms with Crippen molar-refractivity contribution in [3.8, 4) is 12.3 Å². The number of alkyl halides is 1. The Morgan fingerprint density at radius 3 is 3.19 bits per heavy atom.